The topological polar surface area (TPSA) is 183 Å². The van der Waals surface area contributed by atoms with Gasteiger partial charge in [-0.25, -0.2) is 0 Å². The van der Waals surface area contributed by atoms with E-state index in [0.717, 1.165) is 12.8 Å². The maximum absolute atomic E-state index is 11.8. The molecule has 1 heterocycles. The quantitative estimate of drug-likeness (QED) is 0.0288. The SMILES string of the molecule is CC(C)C(CC=CC=CC=CC=CC=CC(O)C(C)C(O)C(C)C=CCCC=C/C=C/C=CC=CC(=O)NC1C(=O)CCC1=O)OC1OC(C)C(O)C(O)C1O. The Morgan fingerprint density at radius 3 is 1.88 bits per heavy atom. The van der Waals surface area contributed by atoms with Gasteiger partial charge < -0.3 is 40.3 Å². The minimum atomic E-state index is -1.33. The lowest BCUT2D eigenvalue weighted by Gasteiger charge is -2.40. The number of carbonyl (C=O) groups is 3. The highest BCUT2D eigenvalue weighted by molar-refractivity contribution is 6.14. The molecule has 10 unspecified atom stereocenters. The molecule has 0 radical (unpaired) electrons. The summed E-state index contributed by atoms with van der Waals surface area (Å²) in [4.78, 5) is 35.0. The summed E-state index contributed by atoms with van der Waals surface area (Å²) in [5, 5.41) is 53.9. The molecule has 11 heteroatoms. The van der Waals surface area contributed by atoms with Crippen LogP contribution in [0.2, 0.25) is 0 Å². The third kappa shape index (κ3) is 17.8. The van der Waals surface area contributed by atoms with Crippen LogP contribution in [0.25, 0.3) is 0 Å². The molecular formula is C45H63NO10. The third-order valence-corrected chi connectivity index (χ3v) is 9.49. The first kappa shape index (κ1) is 48.1. The Bertz CT molecular complexity index is 1500. The van der Waals surface area contributed by atoms with Gasteiger partial charge in [-0.15, -0.1) is 0 Å². The first-order valence-corrected chi connectivity index (χ1v) is 19.5. The van der Waals surface area contributed by atoms with Crippen LogP contribution in [-0.4, -0.2) is 98.1 Å². The normalized spacial score (nSPS) is 26.2. The number of Topliss-reactive ketones (excluding diaryl/α,β-unsaturated/α-hetero) is 2. The van der Waals surface area contributed by atoms with E-state index >= 15 is 0 Å². The van der Waals surface area contributed by atoms with Crippen LogP contribution in [0.3, 0.4) is 0 Å². The Labute approximate surface area is 332 Å². The number of allylic oxidation sites excluding steroid dienone is 16. The van der Waals surface area contributed by atoms with Crippen LogP contribution in [0.5, 0.6) is 0 Å². The van der Waals surface area contributed by atoms with Crippen molar-refractivity contribution in [3.8, 4) is 0 Å². The van der Waals surface area contributed by atoms with Crippen molar-refractivity contribution in [2.75, 3.05) is 0 Å². The van der Waals surface area contributed by atoms with Crippen molar-refractivity contribution in [1.82, 2.24) is 5.32 Å². The number of nitrogens with one attached hydrogen (secondary N) is 1. The van der Waals surface area contributed by atoms with Gasteiger partial charge in [0.15, 0.2) is 17.9 Å². The molecule has 0 aromatic carbocycles. The maximum atomic E-state index is 11.8. The van der Waals surface area contributed by atoms with E-state index in [0.29, 0.717) is 6.42 Å². The van der Waals surface area contributed by atoms with Crippen molar-refractivity contribution in [2.24, 2.45) is 17.8 Å². The molecule has 1 saturated carbocycles. The van der Waals surface area contributed by atoms with Crippen LogP contribution < -0.4 is 5.32 Å². The van der Waals surface area contributed by atoms with Gasteiger partial charge in [-0.3, -0.25) is 14.4 Å². The van der Waals surface area contributed by atoms with Gasteiger partial charge >= 0.3 is 0 Å². The van der Waals surface area contributed by atoms with Gasteiger partial charge in [0.1, 0.15) is 24.4 Å². The van der Waals surface area contributed by atoms with Crippen LogP contribution in [0.1, 0.15) is 66.7 Å². The lowest BCUT2D eigenvalue weighted by molar-refractivity contribution is -0.306. The Morgan fingerprint density at radius 1 is 0.732 bits per heavy atom. The van der Waals surface area contributed by atoms with Gasteiger partial charge in [0.2, 0.25) is 5.91 Å². The highest BCUT2D eigenvalue weighted by Gasteiger charge is 2.43. The summed E-state index contributed by atoms with van der Waals surface area (Å²) in [5.74, 6) is -1.34. The second kappa shape index (κ2) is 26.7. The molecule has 0 bridgehead atoms. The summed E-state index contributed by atoms with van der Waals surface area (Å²) < 4.78 is 11.5. The number of hydrogen-bond donors (Lipinski definition) is 6. The summed E-state index contributed by atoms with van der Waals surface area (Å²) in [5.41, 5.74) is 0. The number of amides is 1. The fourth-order valence-electron chi connectivity index (χ4n) is 5.75. The molecule has 10 atom stereocenters. The molecule has 2 fully saturated rings. The predicted octanol–water partition coefficient (Wildman–Crippen LogP) is 5.00. The molecule has 1 saturated heterocycles. The average molecular weight is 778 g/mol. The first-order chi connectivity index (χ1) is 26.7. The average Bonchev–Trinajstić information content (AvgIpc) is 3.48. The Hall–Kier alpha value is -4.07. The highest BCUT2D eigenvalue weighted by Crippen LogP contribution is 2.25. The van der Waals surface area contributed by atoms with E-state index in [2.05, 4.69) is 5.32 Å². The van der Waals surface area contributed by atoms with Gasteiger partial charge in [0, 0.05) is 30.8 Å². The van der Waals surface area contributed by atoms with Crippen molar-refractivity contribution in [2.45, 2.75) is 122 Å². The molecule has 1 aliphatic heterocycles. The number of ketones is 2. The van der Waals surface area contributed by atoms with Crippen molar-refractivity contribution in [3.05, 3.63) is 122 Å². The minimum Gasteiger partial charge on any atom is -0.392 e. The van der Waals surface area contributed by atoms with Crippen LogP contribution in [0, 0.1) is 17.8 Å². The van der Waals surface area contributed by atoms with Gasteiger partial charge in [-0.05, 0) is 32.1 Å². The molecule has 6 N–H and O–H groups in total. The number of rotatable bonds is 22. The molecule has 11 nitrogen and oxygen atoms in total. The van der Waals surface area contributed by atoms with Crippen LogP contribution in [0.15, 0.2) is 122 Å². The summed E-state index contributed by atoms with van der Waals surface area (Å²) >= 11 is 0. The molecule has 2 rings (SSSR count). The van der Waals surface area contributed by atoms with Crippen LogP contribution in [0.4, 0.5) is 0 Å². The minimum absolute atomic E-state index is 0.130. The summed E-state index contributed by atoms with van der Waals surface area (Å²) in [6.45, 7) is 9.36. The van der Waals surface area contributed by atoms with Crippen LogP contribution in [-0.2, 0) is 23.9 Å². The zero-order valence-corrected chi connectivity index (χ0v) is 33.3. The number of aliphatic hydroxyl groups is 5. The highest BCUT2D eigenvalue weighted by atomic mass is 16.7. The lowest BCUT2D eigenvalue weighted by Crippen LogP contribution is -2.58. The van der Waals surface area contributed by atoms with E-state index in [-0.39, 0.29) is 48.3 Å². The van der Waals surface area contributed by atoms with Gasteiger partial charge in [0.05, 0.1) is 24.4 Å². The van der Waals surface area contributed by atoms with Crippen molar-refractivity contribution in [1.29, 1.82) is 0 Å². The van der Waals surface area contributed by atoms with E-state index in [1.807, 2.05) is 107 Å². The number of unbranched alkanes of at least 4 members (excludes halogenated alkanes) is 1. The molecule has 2 aliphatic rings. The second-order valence-corrected chi connectivity index (χ2v) is 14.4. The molecule has 0 aromatic rings. The lowest BCUT2D eigenvalue weighted by atomic mass is 9.88. The molecule has 0 spiro atoms. The zero-order chi connectivity index (χ0) is 41.5. The maximum Gasteiger partial charge on any atom is 0.244 e. The van der Waals surface area contributed by atoms with Gasteiger partial charge in [0.25, 0.3) is 0 Å². The first-order valence-electron chi connectivity index (χ1n) is 19.5. The number of hydrogen-bond acceptors (Lipinski definition) is 10. The largest absolute Gasteiger partial charge is 0.392 e. The van der Waals surface area contributed by atoms with Crippen molar-refractivity contribution < 1.29 is 49.4 Å². The van der Waals surface area contributed by atoms with E-state index in [1.54, 1.807) is 37.3 Å². The van der Waals surface area contributed by atoms with E-state index in [4.69, 9.17) is 9.47 Å². The Balaban J connectivity index is 1.63. The fourth-order valence-corrected chi connectivity index (χ4v) is 5.75. The molecule has 1 amide bonds. The Kier molecular flexibility index (Phi) is 22.9. The monoisotopic (exact) mass is 777 g/mol. The molecule has 308 valence electrons. The van der Waals surface area contributed by atoms with Crippen molar-refractivity contribution >= 4 is 17.5 Å². The van der Waals surface area contributed by atoms with E-state index in [1.165, 1.54) is 12.2 Å². The van der Waals surface area contributed by atoms with Gasteiger partial charge in [-0.1, -0.05) is 143 Å². The predicted molar refractivity (Wildman–Crippen MR) is 219 cm³/mol. The summed E-state index contributed by atoms with van der Waals surface area (Å²) in [6.07, 6.45) is 31.5. The summed E-state index contributed by atoms with van der Waals surface area (Å²) in [6, 6.07) is -1.01. The second-order valence-electron chi connectivity index (χ2n) is 14.4. The van der Waals surface area contributed by atoms with Crippen molar-refractivity contribution in [3.63, 3.8) is 0 Å². The number of carbonyl (C=O) groups excluding carboxylic acids is 3. The standard InChI is InChI=1S/C45H63NO10/c1-31(2)38(56-45-44(54)43(53)42(52)34(5)55-45)27-23-19-15-11-8-10-14-18-22-26-35(47)33(4)41(51)32(3)25-21-17-13-9-6-7-12-16-20-24-28-39(50)46-40-36(48)29-30-37(40)49/h6-12,14-16,18-26,28,31-35,38,40-45,47,51-54H,13,17,27,29-30H2,1-5H3,(H,46,50)/b9-6?,10-8?,12-7+,15-11?,18-14?,20-16?,23-19?,25-21?,26-22?,28-24?. The number of aliphatic hydroxyl groups excluding tert-OH is 5. The zero-order valence-electron chi connectivity index (χ0n) is 33.3. The fraction of sp³-hybridized carbons (Fsp3) is 0.489. The van der Waals surface area contributed by atoms with Crippen LogP contribution >= 0.6 is 0 Å². The number of ether oxygens (including phenoxy) is 2. The molecule has 56 heavy (non-hydrogen) atoms. The van der Waals surface area contributed by atoms with E-state index < -0.39 is 54.9 Å². The molecule has 1 aliphatic carbocycles. The third-order valence-electron chi connectivity index (χ3n) is 9.49. The molecular weight excluding hydrogens is 714 g/mol. The van der Waals surface area contributed by atoms with Gasteiger partial charge in [-0.2, -0.15) is 0 Å². The Morgan fingerprint density at radius 2 is 1.27 bits per heavy atom. The molecule has 0 aromatic heterocycles. The smallest absolute Gasteiger partial charge is 0.244 e. The summed E-state index contributed by atoms with van der Waals surface area (Å²) in [7, 11) is 0. The van der Waals surface area contributed by atoms with E-state index in [9.17, 15) is 39.9 Å².